The maximum atomic E-state index is 12.8. The van der Waals surface area contributed by atoms with Crippen LogP contribution in [0.1, 0.15) is 24.0 Å². The van der Waals surface area contributed by atoms with Crippen molar-refractivity contribution in [2.45, 2.75) is 31.2 Å². The van der Waals surface area contributed by atoms with Gasteiger partial charge >= 0.3 is 6.18 Å². The highest BCUT2D eigenvalue weighted by molar-refractivity contribution is 6.04. The van der Waals surface area contributed by atoms with Gasteiger partial charge in [0.1, 0.15) is 0 Å². The van der Waals surface area contributed by atoms with Crippen molar-refractivity contribution in [2.24, 2.45) is 10.9 Å². The molecule has 1 fully saturated rings. The van der Waals surface area contributed by atoms with Gasteiger partial charge in [0.2, 0.25) is 6.10 Å². The SMILES string of the molecule is Cl.N[C@H]1CCN(C(=O)C2CC(c3cccc(C(F)(F)F)c3)=NO2)C1. The molecule has 0 aliphatic carbocycles. The van der Waals surface area contributed by atoms with Crippen molar-refractivity contribution in [1.82, 2.24) is 4.90 Å². The molecule has 1 unspecified atom stereocenters. The number of carbonyl (C=O) groups excluding carboxylic acids is 1. The highest BCUT2D eigenvalue weighted by Gasteiger charge is 2.36. The van der Waals surface area contributed by atoms with Crippen LogP contribution in [0.2, 0.25) is 0 Å². The number of oxime groups is 1. The van der Waals surface area contributed by atoms with Gasteiger partial charge in [-0.05, 0) is 18.6 Å². The molecule has 2 aliphatic rings. The van der Waals surface area contributed by atoms with Crippen molar-refractivity contribution >= 4 is 24.0 Å². The molecule has 1 aromatic carbocycles. The second-order valence-corrected chi connectivity index (χ2v) is 5.75. The third kappa shape index (κ3) is 3.81. The zero-order valence-electron chi connectivity index (χ0n) is 12.6. The first kappa shape index (κ1) is 18.5. The van der Waals surface area contributed by atoms with Gasteiger partial charge in [0.15, 0.2) is 0 Å². The molecule has 1 amide bonds. The molecule has 132 valence electrons. The quantitative estimate of drug-likeness (QED) is 0.875. The van der Waals surface area contributed by atoms with Gasteiger partial charge in [0, 0.05) is 31.1 Å². The number of benzene rings is 1. The number of nitrogens with zero attached hydrogens (tertiary/aromatic N) is 2. The van der Waals surface area contributed by atoms with Crippen LogP contribution in [0.5, 0.6) is 0 Å². The van der Waals surface area contributed by atoms with Crippen molar-refractivity contribution in [3.8, 4) is 0 Å². The summed E-state index contributed by atoms with van der Waals surface area (Å²) in [5.41, 5.74) is 5.67. The number of amides is 1. The first-order valence-electron chi connectivity index (χ1n) is 7.29. The topological polar surface area (TPSA) is 67.9 Å². The van der Waals surface area contributed by atoms with Crippen LogP contribution in [0, 0.1) is 0 Å². The van der Waals surface area contributed by atoms with Crippen LogP contribution in [0.25, 0.3) is 0 Å². The van der Waals surface area contributed by atoms with Crippen molar-refractivity contribution in [2.75, 3.05) is 13.1 Å². The number of halogens is 4. The molecule has 2 N–H and O–H groups in total. The van der Waals surface area contributed by atoms with E-state index in [9.17, 15) is 18.0 Å². The van der Waals surface area contributed by atoms with E-state index >= 15 is 0 Å². The Hall–Kier alpha value is -1.80. The molecule has 2 atom stereocenters. The smallest absolute Gasteiger partial charge is 0.382 e. The lowest BCUT2D eigenvalue weighted by Gasteiger charge is -2.18. The predicted molar refractivity (Wildman–Crippen MR) is 83.9 cm³/mol. The van der Waals surface area contributed by atoms with Crippen molar-refractivity contribution in [1.29, 1.82) is 0 Å². The number of nitrogens with two attached hydrogens (primary N) is 1. The van der Waals surface area contributed by atoms with Gasteiger partial charge in [0.05, 0.1) is 11.3 Å². The van der Waals surface area contributed by atoms with Crippen LogP contribution in [0.3, 0.4) is 0 Å². The number of rotatable bonds is 2. The highest BCUT2D eigenvalue weighted by atomic mass is 35.5. The van der Waals surface area contributed by atoms with Crippen molar-refractivity contribution in [3.05, 3.63) is 35.4 Å². The fraction of sp³-hybridized carbons (Fsp3) is 0.467. The third-order valence-electron chi connectivity index (χ3n) is 4.00. The summed E-state index contributed by atoms with van der Waals surface area (Å²) < 4.78 is 38.3. The van der Waals surface area contributed by atoms with Crippen LogP contribution >= 0.6 is 12.4 Å². The summed E-state index contributed by atoms with van der Waals surface area (Å²) in [7, 11) is 0. The van der Waals surface area contributed by atoms with Gasteiger partial charge in [-0.15, -0.1) is 12.4 Å². The number of hydrogen-bond acceptors (Lipinski definition) is 4. The molecule has 24 heavy (non-hydrogen) atoms. The van der Waals surface area contributed by atoms with Crippen molar-refractivity contribution < 1.29 is 22.8 Å². The molecule has 9 heteroatoms. The van der Waals surface area contributed by atoms with E-state index in [1.165, 1.54) is 12.1 Å². The standard InChI is InChI=1S/C15H16F3N3O2.ClH/c16-15(17,18)10-3-1-2-9(6-10)12-7-13(23-20-12)14(22)21-5-4-11(19)8-21;/h1-3,6,11,13H,4-5,7-8,19H2;1H/t11-,13?;/m0./s1. The molecule has 0 radical (unpaired) electrons. The van der Waals surface area contributed by atoms with E-state index in [1.807, 2.05) is 0 Å². The average Bonchev–Trinajstić information content (AvgIpc) is 3.15. The molecular weight excluding hydrogens is 347 g/mol. The molecule has 1 aromatic rings. The lowest BCUT2D eigenvalue weighted by molar-refractivity contribution is -0.141. The van der Waals surface area contributed by atoms with Crippen LogP contribution in [0.4, 0.5) is 13.2 Å². The zero-order valence-corrected chi connectivity index (χ0v) is 13.4. The van der Waals surface area contributed by atoms with Crippen LogP contribution in [-0.2, 0) is 15.8 Å². The predicted octanol–water partition coefficient (Wildman–Crippen LogP) is 2.18. The minimum absolute atomic E-state index is 0. The first-order chi connectivity index (χ1) is 10.8. The Bertz CT molecular complexity index is 651. The van der Waals surface area contributed by atoms with Crippen molar-refractivity contribution in [3.63, 3.8) is 0 Å². The van der Waals surface area contributed by atoms with Gasteiger partial charge in [-0.3, -0.25) is 4.79 Å². The maximum absolute atomic E-state index is 12.8. The van der Waals surface area contributed by atoms with Crippen LogP contribution in [-0.4, -0.2) is 41.8 Å². The number of carbonyl (C=O) groups is 1. The average molecular weight is 364 g/mol. The van der Waals surface area contributed by atoms with Crippen LogP contribution in [0.15, 0.2) is 29.4 Å². The van der Waals surface area contributed by atoms with Crippen LogP contribution < -0.4 is 5.73 Å². The van der Waals surface area contributed by atoms with E-state index in [0.29, 0.717) is 24.4 Å². The third-order valence-corrected chi connectivity index (χ3v) is 4.00. The first-order valence-corrected chi connectivity index (χ1v) is 7.29. The van der Waals surface area contributed by atoms with E-state index in [0.717, 1.165) is 18.6 Å². The summed E-state index contributed by atoms with van der Waals surface area (Å²) >= 11 is 0. The Labute approximate surface area is 143 Å². The van der Waals surface area contributed by atoms with Gasteiger partial charge < -0.3 is 15.5 Å². The van der Waals surface area contributed by atoms with Gasteiger partial charge in [0.25, 0.3) is 5.91 Å². The molecular formula is C15H17ClF3N3O2. The zero-order chi connectivity index (χ0) is 16.6. The minimum Gasteiger partial charge on any atom is -0.382 e. The molecule has 0 saturated carbocycles. The monoisotopic (exact) mass is 363 g/mol. The second kappa shape index (κ2) is 6.98. The summed E-state index contributed by atoms with van der Waals surface area (Å²) in [6, 6.07) is 4.81. The molecule has 0 spiro atoms. The fourth-order valence-corrected chi connectivity index (χ4v) is 2.75. The summed E-state index contributed by atoms with van der Waals surface area (Å²) in [4.78, 5) is 19.0. The minimum atomic E-state index is -4.42. The van der Waals surface area contributed by atoms with Gasteiger partial charge in [-0.1, -0.05) is 17.3 Å². The van der Waals surface area contributed by atoms with E-state index < -0.39 is 17.8 Å². The number of likely N-dealkylation sites (tertiary alicyclic amines) is 1. The molecule has 1 saturated heterocycles. The number of hydrogen-bond donors (Lipinski definition) is 1. The lowest BCUT2D eigenvalue weighted by atomic mass is 10.0. The highest BCUT2D eigenvalue weighted by Crippen LogP contribution is 2.30. The summed E-state index contributed by atoms with van der Waals surface area (Å²) in [5, 5.41) is 3.79. The van der Waals surface area contributed by atoms with E-state index in [1.54, 1.807) is 4.90 Å². The summed E-state index contributed by atoms with van der Waals surface area (Å²) in [6.45, 7) is 1.04. The normalized spacial score (nSPS) is 23.5. The number of alkyl halides is 3. The van der Waals surface area contributed by atoms with Gasteiger partial charge in [-0.25, -0.2) is 0 Å². The Kier molecular flexibility index (Phi) is 5.39. The Balaban J connectivity index is 0.00000208. The molecule has 2 aliphatic heterocycles. The largest absolute Gasteiger partial charge is 0.416 e. The van der Waals surface area contributed by atoms with E-state index in [-0.39, 0.29) is 30.8 Å². The Morgan fingerprint density at radius 3 is 2.75 bits per heavy atom. The molecule has 5 nitrogen and oxygen atoms in total. The second-order valence-electron chi connectivity index (χ2n) is 5.75. The summed E-state index contributed by atoms with van der Waals surface area (Å²) in [6.07, 6.45) is -4.31. The van der Waals surface area contributed by atoms with E-state index in [4.69, 9.17) is 10.6 Å². The fourth-order valence-electron chi connectivity index (χ4n) is 2.75. The van der Waals surface area contributed by atoms with Gasteiger partial charge in [-0.2, -0.15) is 13.2 Å². The lowest BCUT2D eigenvalue weighted by Crippen LogP contribution is -2.39. The molecule has 2 heterocycles. The Morgan fingerprint density at radius 1 is 1.38 bits per heavy atom. The molecule has 3 rings (SSSR count). The molecule has 0 aromatic heterocycles. The van der Waals surface area contributed by atoms with E-state index in [2.05, 4.69) is 5.16 Å². The maximum Gasteiger partial charge on any atom is 0.416 e. The summed E-state index contributed by atoms with van der Waals surface area (Å²) in [5.74, 6) is -0.219. The Morgan fingerprint density at radius 2 is 2.12 bits per heavy atom. The molecule has 0 bridgehead atoms.